The Kier molecular flexibility index (Phi) is 4.66. The summed E-state index contributed by atoms with van der Waals surface area (Å²) in [5, 5.41) is 7.50. The third-order valence-corrected chi connectivity index (χ3v) is 5.47. The van der Waals surface area contributed by atoms with Crippen LogP contribution in [0.3, 0.4) is 0 Å². The Balaban J connectivity index is 1.68. The summed E-state index contributed by atoms with van der Waals surface area (Å²) in [5.41, 5.74) is 1.16. The Labute approximate surface area is 164 Å². The SMILES string of the molecule is CCN(CC)c1ccc(OC)c2nc(NC(=O)C3(c4ccccc4)CC3)nn12. The summed E-state index contributed by atoms with van der Waals surface area (Å²) in [5.74, 6) is 1.77. The first-order valence-electron chi connectivity index (χ1n) is 9.68. The number of carbonyl (C=O) groups is 1. The van der Waals surface area contributed by atoms with Gasteiger partial charge in [0.2, 0.25) is 17.5 Å². The predicted octanol–water partition coefficient (Wildman–Crippen LogP) is 3.25. The van der Waals surface area contributed by atoms with Gasteiger partial charge in [-0.1, -0.05) is 30.3 Å². The Morgan fingerprint density at radius 1 is 1.18 bits per heavy atom. The summed E-state index contributed by atoms with van der Waals surface area (Å²) in [6.45, 7) is 5.87. The zero-order valence-corrected chi connectivity index (χ0v) is 16.5. The molecule has 4 rings (SSSR count). The number of anilines is 2. The van der Waals surface area contributed by atoms with Crippen molar-refractivity contribution in [2.75, 3.05) is 30.4 Å². The highest BCUT2D eigenvalue weighted by atomic mass is 16.5. The van der Waals surface area contributed by atoms with Gasteiger partial charge in [-0.05, 0) is 44.4 Å². The van der Waals surface area contributed by atoms with Crippen LogP contribution in [0.25, 0.3) is 5.65 Å². The van der Waals surface area contributed by atoms with Crippen molar-refractivity contribution in [2.45, 2.75) is 32.1 Å². The molecule has 1 N–H and O–H groups in total. The van der Waals surface area contributed by atoms with Crippen molar-refractivity contribution in [3.05, 3.63) is 48.0 Å². The lowest BCUT2D eigenvalue weighted by Gasteiger charge is -2.21. The molecule has 0 spiro atoms. The average molecular weight is 379 g/mol. The monoisotopic (exact) mass is 379 g/mol. The maximum absolute atomic E-state index is 13.0. The number of nitrogens with one attached hydrogen (secondary N) is 1. The zero-order valence-electron chi connectivity index (χ0n) is 16.5. The third kappa shape index (κ3) is 2.96. The number of hydrogen-bond donors (Lipinski definition) is 1. The summed E-state index contributed by atoms with van der Waals surface area (Å²) in [6.07, 6.45) is 1.68. The molecule has 0 saturated heterocycles. The van der Waals surface area contributed by atoms with E-state index < -0.39 is 5.41 Å². The average Bonchev–Trinajstić information content (AvgIpc) is 3.44. The molecule has 3 aromatic rings. The molecule has 0 atom stereocenters. The molecule has 0 unspecified atom stereocenters. The largest absolute Gasteiger partial charge is 0.493 e. The van der Waals surface area contributed by atoms with Crippen LogP contribution in [0.2, 0.25) is 0 Å². The maximum Gasteiger partial charge on any atom is 0.249 e. The highest BCUT2D eigenvalue weighted by molar-refractivity contribution is 6.00. The van der Waals surface area contributed by atoms with Crippen molar-refractivity contribution in [2.24, 2.45) is 0 Å². The van der Waals surface area contributed by atoms with Gasteiger partial charge in [-0.2, -0.15) is 9.50 Å². The van der Waals surface area contributed by atoms with E-state index in [-0.39, 0.29) is 5.91 Å². The van der Waals surface area contributed by atoms with E-state index in [0.717, 1.165) is 37.3 Å². The molecule has 0 bridgehead atoms. The van der Waals surface area contributed by atoms with Crippen LogP contribution < -0.4 is 15.0 Å². The summed E-state index contributed by atoms with van der Waals surface area (Å²) >= 11 is 0. The van der Waals surface area contributed by atoms with Gasteiger partial charge < -0.3 is 9.64 Å². The van der Waals surface area contributed by atoms with Gasteiger partial charge in [0.15, 0.2) is 5.75 Å². The van der Waals surface area contributed by atoms with E-state index in [1.807, 2.05) is 42.5 Å². The van der Waals surface area contributed by atoms with E-state index in [0.29, 0.717) is 17.3 Å². The van der Waals surface area contributed by atoms with Crippen molar-refractivity contribution in [3.8, 4) is 5.75 Å². The molecule has 0 aliphatic heterocycles. The van der Waals surface area contributed by atoms with Crippen LogP contribution in [0.15, 0.2) is 42.5 Å². The molecule has 7 heteroatoms. The number of rotatable bonds is 7. The number of amides is 1. The van der Waals surface area contributed by atoms with Gasteiger partial charge in [-0.25, -0.2) is 0 Å². The van der Waals surface area contributed by atoms with Crippen molar-refractivity contribution in [1.82, 2.24) is 14.6 Å². The quantitative estimate of drug-likeness (QED) is 0.682. The molecule has 1 aliphatic rings. The van der Waals surface area contributed by atoms with Gasteiger partial charge >= 0.3 is 0 Å². The third-order valence-electron chi connectivity index (χ3n) is 5.47. The number of methoxy groups -OCH3 is 1. The Hall–Kier alpha value is -3.09. The summed E-state index contributed by atoms with van der Waals surface area (Å²) < 4.78 is 7.18. The minimum absolute atomic E-state index is 0.0574. The van der Waals surface area contributed by atoms with Crippen LogP contribution >= 0.6 is 0 Å². The Morgan fingerprint density at radius 2 is 1.89 bits per heavy atom. The molecule has 1 aliphatic carbocycles. The van der Waals surface area contributed by atoms with Crippen LogP contribution in [-0.4, -0.2) is 40.7 Å². The highest BCUT2D eigenvalue weighted by Crippen LogP contribution is 2.48. The van der Waals surface area contributed by atoms with Crippen LogP contribution in [-0.2, 0) is 10.2 Å². The van der Waals surface area contributed by atoms with E-state index in [1.165, 1.54) is 0 Å². The molecule has 1 amide bonds. The number of carbonyl (C=O) groups excluding carboxylic acids is 1. The first-order valence-corrected chi connectivity index (χ1v) is 9.68. The second-order valence-corrected chi connectivity index (χ2v) is 7.01. The van der Waals surface area contributed by atoms with Gasteiger partial charge in [0.1, 0.15) is 5.82 Å². The van der Waals surface area contributed by atoms with Crippen molar-refractivity contribution >= 4 is 23.3 Å². The Morgan fingerprint density at radius 3 is 2.50 bits per heavy atom. The second kappa shape index (κ2) is 7.14. The molecular formula is C21H25N5O2. The number of fused-ring (bicyclic) bond motifs is 1. The molecule has 2 heterocycles. The van der Waals surface area contributed by atoms with Gasteiger partial charge in [-0.15, -0.1) is 5.10 Å². The van der Waals surface area contributed by atoms with E-state index in [2.05, 4.69) is 34.1 Å². The zero-order chi connectivity index (χ0) is 19.7. The molecule has 7 nitrogen and oxygen atoms in total. The number of pyridine rings is 1. The first kappa shape index (κ1) is 18.3. The minimum Gasteiger partial charge on any atom is -0.493 e. The van der Waals surface area contributed by atoms with Gasteiger partial charge in [0, 0.05) is 13.1 Å². The van der Waals surface area contributed by atoms with E-state index >= 15 is 0 Å². The van der Waals surface area contributed by atoms with Crippen LogP contribution in [0, 0.1) is 0 Å². The highest BCUT2D eigenvalue weighted by Gasteiger charge is 2.51. The second-order valence-electron chi connectivity index (χ2n) is 7.01. The van der Waals surface area contributed by atoms with Gasteiger partial charge in [-0.3, -0.25) is 10.1 Å². The lowest BCUT2D eigenvalue weighted by molar-refractivity contribution is -0.118. The van der Waals surface area contributed by atoms with Gasteiger partial charge in [0.25, 0.3) is 0 Å². The Bertz CT molecular complexity index is 991. The molecule has 146 valence electrons. The number of aromatic nitrogens is 3. The van der Waals surface area contributed by atoms with E-state index in [1.54, 1.807) is 11.6 Å². The molecule has 1 saturated carbocycles. The van der Waals surface area contributed by atoms with Crippen molar-refractivity contribution in [3.63, 3.8) is 0 Å². The number of hydrogen-bond acceptors (Lipinski definition) is 5. The fourth-order valence-electron chi connectivity index (χ4n) is 3.68. The molecule has 28 heavy (non-hydrogen) atoms. The smallest absolute Gasteiger partial charge is 0.249 e. The predicted molar refractivity (Wildman–Crippen MR) is 109 cm³/mol. The number of benzene rings is 1. The summed E-state index contributed by atoms with van der Waals surface area (Å²) in [4.78, 5) is 19.7. The molecule has 0 radical (unpaired) electrons. The maximum atomic E-state index is 13.0. The number of ether oxygens (including phenoxy) is 1. The van der Waals surface area contributed by atoms with Crippen molar-refractivity contribution < 1.29 is 9.53 Å². The lowest BCUT2D eigenvalue weighted by Crippen LogP contribution is -2.28. The fraction of sp³-hybridized carbons (Fsp3) is 0.381. The summed E-state index contributed by atoms with van der Waals surface area (Å²) in [7, 11) is 1.61. The van der Waals surface area contributed by atoms with E-state index in [4.69, 9.17) is 4.74 Å². The van der Waals surface area contributed by atoms with Crippen LogP contribution in [0.1, 0.15) is 32.3 Å². The van der Waals surface area contributed by atoms with E-state index in [9.17, 15) is 4.79 Å². The van der Waals surface area contributed by atoms with Crippen LogP contribution in [0.5, 0.6) is 5.75 Å². The van der Waals surface area contributed by atoms with Gasteiger partial charge in [0.05, 0.1) is 12.5 Å². The fourth-order valence-corrected chi connectivity index (χ4v) is 3.68. The standard InChI is InChI=1S/C21H25N5O2/c1-4-25(5-2)17-12-11-16(28-3)18-22-20(24-26(17)18)23-19(27)21(13-14-21)15-9-7-6-8-10-15/h6-12H,4-5,13-14H2,1-3H3,(H,23,24,27). The number of nitrogens with zero attached hydrogens (tertiary/aromatic N) is 4. The first-order chi connectivity index (χ1) is 13.6. The van der Waals surface area contributed by atoms with Crippen LogP contribution in [0.4, 0.5) is 11.8 Å². The molecule has 1 aromatic carbocycles. The lowest BCUT2D eigenvalue weighted by atomic mass is 9.95. The summed E-state index contributed by atoms with van der Waals surface area (Å²) in [6, 6.07) is 13.7. The normalized spacial score (nSPS) is 14.7. The minimum atomic E-state index is -0.468. The van der Waals surface area contributed by atoms with Crippen molar-refractivity contribution in [1.29, 1.82) is 0 Å². The topological polar surface area (TPSA) is 71.8 Å². The molecule has 2 aromatic heterocycles. The molecular weight excluding hydrogens is 354 g/mol. The molecule has 1 fully saturated rings.